The number of aromatic nitrogens is 1. The molecule has 0 aliphatic heterocycles. The van der Waals surface area contributed by atoms with Gasteiger partial charge in [0.05, 0.1) is 6.61 Å². The Morgan fingerprint density at radius 1 is 1.42 bits per heavy atom. The van der Waals surface area contributed by atoms with Crippen LogP contribution in [0.15, 0.2) is 12.4 Å². The maximum Gasteiger partial charge on any atom is 0.0699 e. The van der Waals surface area contributed by atoms with Crippen molar-refractivity contribution in [2.24, 2.45) is 0 Å². The van der Waals surface area contributed by atoms with E-state index in [4.69, 9.17) is 5.11 Å². The van der Waals surface area contributed by atoms with Gasteiger partial charge in [0, 0.05) is 12.4 Å². The van der Waals surface area contributed by atoms with Gasteiger partial charge in [-0.3, -0.25) is 4.98 Å². The number of pyridine rings is 1. The molecule has 2 heteroatoms. The first-order valence-electron chi connectivity index (χ1n) is 4.21. The molecular formula is C10H15NO. The molecule has 12 heavy (non-hydrogen) atoms. The van der Waals surface area contributed by atoms with E-state index in [-0.39, 0.29) is 6.61 Å². The molecule has 0 aromatic carbocycles. The fraction of sp³-hybridized carbons (Fsp3) is 0.500. The van der Waals surface area contributed by atoms with Crippen LogP contribution in [0.1, 0.15) is 36.5 Å². The van der Waals surface area contributed by atoms with Crippen molar-refractivity contribution in [3.63, 3.8) is 0 Å². The van der Waals surface area contributed by atoms with Gasteiger partial charge < -0.3 is 5.11 Å². The highest BCUT2D eigenvalue weighted by molar-refractivity contribution is 5.31. The summed E-state index contributed by atoms with van der Waals surface area (Å²) < 4.78 is 0. The van der Waals surface area contributed by atoms with Gasteiger partial charge in [-0.25, -0.2) is 0 Å². The molecule has 1 aromatic heterocycles. The third-order valence-corrected chi connectivity index (χ3v) is 2.15. The summed E-state index contributed by atoms with van der Waals surface area (Å²) >= 11 is 0. The zero-order chi connectivity index (χ0) is 9.14. The van der Waals surface area contributed by atoms with Crippen LogP contribution >= 0.6 is 0 Å². The standard InChI is InChI=1S/C10H15NO/c1-7(2)10-5-11-4-9(6-12)8(10)3/h4-5,7,12H,6H2,1-3H3. The van der Waals surface area contributed by atoms with Crippen LogP contribution in [-0.2, 0) is 6.61 Å². The Balaban J connectivity index is 3.14. The summed E-state index contributed by atoms with van der Waals surface area (Å²) in [7, 11) is 0. The molecule has 0 aliphatic carbocycles. The molecular weight excluding hydrogens is 150 g/mol. The largest absolute Gasteiger partial charge is 0.392 e. The monoisotopic (exact) mass is 165 g/mol. The molecule has 1 aromatic rings. The number of hydrogen-bond donors (Lipinski definition) is 1. The van der Waals surface area contributed by atoms with E-state index in [1.165, 1.54) is 11.1 Å². The molecule has 0 unspecified atom stereocenters. The molecule has 1 N–H and O–H groups in total. The molecule has 0 fully saturated rings. The number of aliphatic hydroxyl groups is 1. The predicted octanol–water partition coefficient (Wildman–Crippen LogP) is 2.01. The van der Waals surface area contributed by atoms with Crippen molar-refractivity contribution < 1.29 is 5.11 Å². The molecule has 1 heterocycles. The molecule has 0 saturated carbocycles. The lowest BCUT2D eigenvalue weighted by Crippen LogP contribution is -1.98. The summed E-state index contributed by atoms with van der Waals surface area (Å²) in [4.78, 5) is 4.08. The van der Waals surface area contributed by atoms with Gasteiger partial charge >= 0.3 is 0 Å². The van der Waals surface area contributed by atoms with Crippen LogP contribution in [0.2, 0.25) is 0 Å². The Morgan fingerprint density at radius 2 is 2.08 bits per heavy atom. The van der Waals surface area contributed by atoms with Crippen LogP contribution in [0.3, 0.4) is 0 Å². The minimum Gasteiger partial charge on any atom is -0.392 e. The van der Waals surface area contributed by atoms with Crippen LogP contribution in [0.25, 0.3) is 0 Å². The Kier molecular flexibility index (Phi) is 2.82. The summed E-state index contributed by atoms with van der Waals surface area (Å²) in [5, 5.41) is 8.98. The van der Waals surface area contributed by atoms with Crippen LogP contribution in [0, 0.1) is 6.92 Å². The maximum absolute atomic E-state index is 8.98. The van der Waals surface area contributed by atoms with Crippen molar-refractivity contribution >= 4 is 0 Å². The van der Waals surface area contributed by atoms with Crippen LogP contribution < -0.4 is 0 Å². The molecule has 0 aliphatic rings. The van der Waals surface area contributed by atoms with Crippen molar-refractivity contribution in [2.45, 2.75) is 33.3 Å². The van der Waals surface area contributed by atoms with Crippen LogP contribution in [0.5, 0.6) is 0 Å². The summed E-state index contributed by atoms with van der Waals surface area (Å²) in [6, 6.07) is 0. The fourth-order valence-electron chi connectivity index (χ4n) is 1.33. The highest BCUT2D eigenvalue weighted by atomic mass is 16.3. The van der Waals surface area contributed by atoms with Crippen LogP contribution in [0.4, 0.5) is 0 Å². The highest BCUT2D eigenvalue weighted by Gasteiger charge is 2.06. The first-order chi connectivity index (χ1) is 5.66. The van der Waals surface area contributed by atoms with Gasteiger partial charge in [0.25, 0.3) is 0 Å². The minimum absolute atomic E-state index is 0.0827. The predicted molar refractivity (Wildman–Crippen MR) is 49.0 cm³/mol. The zero-order valence-electron chi connectivity index (χ0n) is 7.83. The molecule has 0 amide bonds. The second-order valence-corrected chi connectivity index (χ2v) is 3.33. The molecule has 66 valence electrons. The average molecular weight is 165 g/mol. The second-order valence-electron chi connectivity index (χ2n) is 3.33. The lowest BCUT2D eigenvalue weighted by Gasteiger charge is -2.11. The van der Waals surface area contributed by atoms with Crippen molar-refractivity contribution in [2.75, 3.05) is 0 Å². The van der Waals surface area contributed by atoms with Gasteiger partial charge in [0.1, 0.15) is 0 Å². The summed E-state index contributed by atoms with van der Waals surface area (Å²) in [6.45, 7) is 6.37. The number of hydrogen-bond acceptors (Lipinski definition) is 2. The van der Waals surface area contributed by atoms with E-state index in [2.05, 4.69) is 18.8 Å². The van der Waals surface area contributed by atoms with Crippen molar-refractivity contribution in [1.82, 2.24) is 4.98 Å². The summed E-state index contributed by atoms with van der Waals surface area (Å²) in [6.07, 6.45) is 3.60. The van der Waals surface area contributed by atoms with Crippen LogP contribution in [-0.4, -0.2) is 10.1 Å². The van der Waals surface area contributed by atoms with Gasteiger partial charge in [-0.1, -0.05) is 13.8 Å². The van der Waals surface area contributed by atoms with E-state index < -0.39 is 0 Å². The number of nitrogens with zero attached hydrogens (tertiary/aromatic N) is 1. The number of aliphatic hydroxyl groups excluding tert-OH is 1. The first-order valence-corrected chi connectivity index (χ1v) is 4.21. The Hall–Kier alpha value is -0.890. The molecule has 2 nitrogen and oxygen atoms in total. The average Bonchev–Trinajstić information content (AvgIpc) is 2.04. The maximum atomic E-state index is 8.98. The zero-order valence-corrected chi connectivity index (χ0v) is 7.83. The van der Waals surface area contributed by atoms with Gasteiger partial charge in [-0.2, -0.15) is 0 Å². The molecule has 0 radical (unpaired) electrons. The SMILES string of the molecule is Cc1c(CO)cncc1C(C)C. The van der Waals surface area contributed by atoms with E-state index in [0.717, 1.165) is 5.56 Å². The van der Waals surface area contributed by atoms with E-state index in [1.807, 2.05) is 13.1 Å². The molecule has 0 spiro atoms. The third-order valence-electron chi connectivity index (χ3n) is 2.15. The molecule has 0 bridgehead atoms. The van der Waals surface area contributed by atoms with Crippen molar-refractivity contribution in [1.29, 1.82) is 0 Å². The van der Waals surface area contributed by atoms with E-state index >= 15 is 0 Å². The van der Waals surface area contributed by atoms with E-state index in [0.29, 0.717) is 5.92 Å². The lowest BCUT2D eigenvalue weighted by atomic mass is 9.97. The van der Waals surface area contributed by atoms with Crippen molar-refractivity contribution in [3.05, 3.63) is 29.1 Å². The number of rotatable bonds is 2. The topological polar surface area (TPSA) is 33.1 Å². The van der Waals surface area contributed by atoms with Crippen molar-refractivity contribution in [3.8, 4) is 0 Å². The van der Waals surface area contributed by atoms with E-state index in [9.17, 15) is 0 Å². The van der Waals surface area contributed by atoms with Gasteiger partial charge in [-0.05, 0) is 29.5 Å². The van der Waals surface area contributed by atoms with Gasteiger partial charge in [-0.15, -0.1) is 0 Å². The Labute approximate surface area is 73.3 Å². The Morgan fingerprint density at radius 3 is 2.58 bits per heavy atom. The fourth-order valence-corrected chi connectivity index (χ4v) is 1.33. The summed E-state index contributed by atoms with van der Waals surface area (Å²) in [5.74, 6) is 0.476. The second kappa shape index (κ2) is 3.68. The highest BCUT2D eigenvalue weighted by Crippen LogP contribution is 2.20. The summed E-state index contributed by atoms with van der Waals surface area (Å²) in [5.41, 5.74) is 3.32. The molecule has 0 saturated heterocycles. The smallest absolute Gasteiger partial charge is 0.0699 e. The van der Waals surface area contributed by atoms with Gasteiger partial charge in [0.2, 0.25) is 0 Å². The first kappa shape index (κ1) is 9.20. The lowest BCUT2D eigenvalue weighted by molar-refractivity contribution is 0.280. The molecule has 0 atom stereocenters. The van der Waals surface area contributed by atoms with Gasteiger partial charge in [0.15, 0.2) is 0 Å². The minimum atomic E-state index is 0.0827. The Bertz CT molecular complexity index is 269. The van der Waals surface area contributed by atoms with E-state index in [1.54, 1.807) is 6.20 Å². The quantitative estimate of drug-likeness (QED) is 0.727. The normalized spacial score (nSPS) is 10.8. The third kappa shape index (κ3) is 1.64. The molecule has 1 rings (SSSR count).